The van der Waals surface area contributed by atoms with Gasteiger partial charge < -0.3 is 4.90 Å². The summed E-state index contributed by atoms with van der Waals surface area (Å²) >= 11 is 0. The van der Waals surface area contributed by atoms with Crippen LogP contribution in [0, 0.1) is 11.8 Å². The summed E-state index contributed by atoms with van der Waals surface area (Å²) < 4.78 is 0. The number of benzodiazepines with no additional fused rings is 1. The number of nitrogens with zero attached hydrogens (tertiary/aromatic N) is 2. The van der Waals surface area contributed by atoms with Crippen molar-refractivity contribution in [2.24, 2.45) is 4.99 Å². The third kappa shape index (κ3) is 5.09. The van der Waals surface area contributed by atoms with Crippen LogP contribution < -0.4 is 10.4 Å². The summed E-state index contributed by atoms with van der Waals surface area (Å²) in [6.45, 7) is 0.109. The molecular weight excluding hydrogens is 366 g/mol. The summed E-state index contributed by atoms with van der Waals surface area (Å²) in [5.74, 6) is 5.85. The van der Waals surface area contributed by atoms with Gasteiger partial charge in [-0.2, -0.15) is 0 Å². The number of amides is 2. The molecule has 3 rings (SSSR count). The first kappa shape index (κ1) is 20.3. The molecule has 2 N–H and O–H groups in total. The van der Waals surface area contributed by atoms with Gasteiger partial charge in [0.2, 0.25) is 11.8 Å². The lowest BCUT2D eigenvalue weighted by molar-refractivity contribution is -0.129. The van der Waals surface area contributed by atoms with Gasteiger partial charge >= 0.3 is 0 Å². The van der Waals surface area contributed by atoms with Crippen LogP contribution in [0.25, 0.3) is 0 Å². The van der Waals surface area contributed by atoms with E-state index in [1.807, 2.05) is 48.5 Å². The van der Waals surface area contributed by atoms with Crippen molar-refractivity contribution in [3.8, 4) is 11.8 Å². The number of carbonyl (C=O) groups is 2. The molecule has 0 atom stereocenters. The molecule has 0 fully saturated rings. The molecular formula is C23H23N3O3. The van der Waals surface area contributed by atoms with Gasteiger partial charge in [-0.15, -0.1) is 0 Å². The summed E-state index contributed by atoms with van der Waals surface area (Å²) in [5, 5.41) is 8.48. The molecule has 148 valence electrons. The third-order valence-electron chi connectivity index (χ3n) is 4.72. The van der Waals surface area contributed by atoms with Crippen LogP contribution in [0.4, 0.5) is 5.69 Å². The summed E-state index contributed by atoms with van der Waals surface area (Å²) in [6, 6.07) is 15.6. The average Bonchev–Trinajstić information content (AvgIpc) is 2.87. The van der Waals surface area contributed by atoms with Crippen LogP contribution in [0.5, 0.6) is 0 Å². The first-order valence-electron chi connectivity index (χ1n) is 9.53. The molecule has 1 aliphatic rings. The summed E-state index contributed by atoms with van der Waals surface area (Å²) in [7, 11) is 1.76. The lowest BCUT2D eigenvalue weighted by Crippen LogP contribution is -2.27. The first-order chi connectivity index (χ1) is 14.1. The maximum Gasteiger partial charge on any atom is 0.248 e. The number of hydroxylamine groups is 1. The molecule has 0 spiro atoms. The number of fused-ring (bicyclic) bond motifs is 1. The number of benzene rings is 2. The van der Waals surface area contributed by atoms with Gasteiger partial charge in [0, 0.05) is 36.6 Å². The van der Waals surface area contributed by atoms with Crippen LogP contribution in [-0.2, 0) is 9.59 Å². The van der Waals surface area contributed by atoms with E-state index >= 15 is 0 Å². The van der Waals surface area contributed by atoms with Crippen LogP contribution >= 0.6 is 0 Å². The molecule has 0 aliphatic carbocycles. The van der Waals surface area contributed by atoms with Gasteiger partial charge in [-0.25, -0.2) is 5.48 Å². The maximum absolute atomic E-state index is 12.3. The van der Waals surface area contributed by atoms with Crippen molar-refractivity contribution < 1.29 is 14.8 Å². The van der Waals surface area contributed by atoms with Gasteiger partial charge in [0.1, 0.15) is 6.54 Å². The Kier molecular flexibility index (Phi) is 6.77. The zero-order valence-corrected chi connectivity index (χ0v) is 16.3. The van der Waals surface area contributed by atoms with Crippen molar-refractivity contribution in [2.75, 3.05) is 18.5 Å². The number of hydrogen-bond donors (Lipinski definition) is 2. The Morgan fingerprint density at radius 2 is 2.00 bits per heavy atom. The highest BCUT2D eigenvalue weighted by Crippen LogP contribution is 2.27. The van der Waals surface area contributed by atoms with Crippen LogP contribution in [0.1, 0.15) is 42.4 Å². The zero-order valence-electron chi connectivity index (χ0n) is 16.3. The van der Waals surface area contributed by atoms with E-state index in [4.69, 9.17) is 5.21 Å². The summed E-state index contributed by atoms with van der Waals surface area (Å²) in [6.07, 6.45) is 2.39. The number of hydrogen-bond acceptors (Lipinski definition) is 4. The Bertz CT molecular complexity index is 987. The van der Waals surface area contributed by atoms with Gasteiger partial charge in [-0.3, -0.25) is 19.8 Å². The average molecular weight is 389 g/mol. The normalized spacial score (nSPS) is 13.0. The molecule has 29 heavy (non-hydrogen) atoms. The molecule has 0 aromatic heterocycles. The van der Waals surface area contributed by atoms with E-state index in [9.17, 15) is 9.59 Å². The number of likely N-dealkylation sites (N-methyl/N-ethyl adjacent to an activating group) is 1. The quantitative estimate of drug-likeness (QED) is 0.357. The maximum atomic E-state index is 12.3. The van der Waals surface area contributed by atoms with E-state index in [1.54, 1.807) is 17.4 Å². The highest BCUT2D eigenvalue weighted by molar-refractivity contribution is 6.19. The van der Waals surface area contributed by atoms with Crippen LogP contribution in [0.3, 0.4) is 0 Å². The van der Waals surface area contributed by atoms with Crippen LogP contribution in [0.2, 0.25) is 0 Å². The molecule has 0 radical (unpaired) electrons. The van der Waals surface area contributed by atoms with E-state index < -0.39 is 0 Å². The number of unbranched alkanes of at least 4 members (excludes halogenated alkanes) is 2. The minimum Gasteiger partial charge on any atom is -0.313 e. The van der Waals surface area contributed by atoms with E-state index in [-0.39, 0.29) is 24.8 Å². The van der Waals surface area contributed by atoms with Crippen molar-refractivity contribution in [2.45, 2.75) is 25.7 Å². The zero-order chi connectivity index (χ0) is 20.6. The van der Waals surface area contributed by atoms with Gasteiger partial charge in [0.25, 0.3) is 0 Å². The fourth-order valence-corrected chi connectivity index (χ4v) is 3.13. The minimum absolute atomic E-state index is 0.0528. The van der Waals surface area contributed by atoms with Crippen LogP contribution in [0.15, 0.2) is 53.5 Å². The molecule has 6 heteroatoms. The standard InChI is InChI=1S/C23H23N3O3/c1-26-20-14-13-17(9-5-2-3-8-12-21(27)25-29)15-19(20)23(24-16-22(26)28)18-10-6-4-7-11-18/h4,6-7,10-11,13-15,29H,2-3,8,12,16H2,1H3,(H,25,27). The largest absolute Gasteiger partial charge is 0.313 e. The molecule has 2 aromatic carbocycles. The van der Waals surface area contributed by atoms with Gasteiger partial charge in [0.05, 0.1) is 11.4 Å². The molecule has 1 aliphatic heterocycles. The van der Waals surface area contributed by atoms with Crippen molar-refractivity contribution in [1.82, 2.24) is 5.48 Å². The third-order valence-corrected chi connectivity index (χ3v) is 4.72. The summed E-state index contributed by atoms with van der Waals surface area (Å²) in [4.78, 5) is 29.5. The summed E-state index contributed by atoms with van der Waals surface area (Å²) in [5.41, 5.74) is 5.93. The Labute approximate surface area is 170 Å². The Hall–Kier alpha value is -3.43. The number of nitrogens with one attached hydrogen (secondary N) is 1. The molecule has 2 amide bonds. The van der Waals surface area contributed by atoms with Gasteiger partial charge in [0.15, 0.2) is 0 Å². The molecule has 0 unspecified atom stereocenters. The Morgan fingerprint density at radius 1 is 1.21 bits per heavy atom. The van der Waals surface area contributed by atoms with Crippen molar-refractivity contribution >= 4 is 23.2 Å². The van der Waals surface area contributed by atoms with Gasteiger partial charge in [-0.1, -0.05) is 42.2 Å². The van der Waals surface area contributed by atoms with Crippen molar-refractivity contribution in [3.63, 3.8) is 0 Å². The highest BCUT2D eigenvalue weighted by Gasteiger charge is 2.22. The molecule has 6 nitrogen and oxygen atoms in total. The predicted octanol–water partition coefficient (Wildman–Crippen LogP) is 2.92. The Balaban J connectivity index is 1.82. The first-order valence-corrected chi connectivity index (χ1v) is 9.53. The number of carbonyl (C=O) groups excluding carboxylic acids is 2. The predicted molar refractivity (Wildman–Crippen MR) is 112 cm³/mol. The van der Waals surface area contributed by atoms with E-state index in [0.717, 1.165) is 34.5 Å². The molecule has 0 saturated heterocycles. The van der Waals surface area contributed by atoms with E-state index in [1.165, 1.54) is 0 Å². The monoisotopic (exact) mass is 389 g/mol. The van der Waals surface area contributed by atoms with Crippen LogP contribution in [-0.4, -0.2) is 36.3 Å². The minimum atomic E-state index is -0.380. The second-order valence-electron chi connectivity index (χ2n) is 6.76. The number of rotatable bonds is 5. The number of anilines is 1. The Morgan fingerprint density at radius 3 is 2.76 bits per heavy atom. The molecule has 2 aromatic rings. The van der Waals surface area contributed by atoms with Crippen molar-refractivity contribution in [1.29, 1.82) is 0 Å². The molecule has 1 heterocycles. The fraction of sp³-hybridized carbons (Fsp3) is 0.261. The second kappa shape index (κ2) is 9.67. The number of aliphatic imine (C=N–C) groups is 1. The topological polar surface area (TPSA) is 82.0 Å². The van der Waals surface area contributed by atoms with Gasteiger partial charge in [-0.05, 0) is 31.0 Å². The van der Waals surface area contributed by atoms with Crippen molar-refractivity contribution in [3.05, 3.63) is 65.2 Å². The smallest absolute Gasteiger partial charge is 0.248 e. The van der Waals surface area contributed by atoms with E-state index in [0.29, 0.717) is 12.8 Å². The lowest BCUT2D eigenvalue weighted by Gasteiger charge is -2.18. The second-order valence-corrected chi connectivity index (χ2v) is 6.76. The highest BCUT2D eigenvalue weighted by atomic mass is 16.5. The van der Waals surface area contributed by atoms with E-state index in [2.05, 4.69) is 16.8 Å². The molecule has 0 bridgehead atoms. The lowest BCUT2D eigenvalue weighted by atomic mass is 9.98. The SMILES string of the molecule is CN1C(=O)CN=C(c2ccccc2)c2cc(C#CCCCCC(=O)NO)ccc21. The fourth-order valence-electron chi connectivity index (χ4n) is 3.13. The molecule has 0 saturated carbocycles.